The predicted octanol–water partition coefficient (Wildman–Crippen LogP) is 2.60. The lowest BCUT2D eigenvalue weighted by Crippen LogP contribution is -2.00. The summed E-state index contributed by atoms with van der Waals surface area (Å²) in [7, 11) is 0. The maximum Gasteiger partial charge on any atom is 0.137 e. The molecule has 0 aromatic heterocycles. The second-order valence-electron chi connectivity index (χ2n) is 3.92. The fourth-order valence-corrected chi connectivity index (χ4v) is 1.64. The smallest absolute Gasteiger partial charge is 0.137 e. The minimum atomic E-state index is 0.438. The van der Waals surface area contributed by atoms with Crippen LogP contribution in [0.3, 0.4) is 0 Å². The largest absolute Gasteiger partial charge is 0.488 e. The summed E-state index contributed by atoms with van der Waals surface area (Å²) in [5.74, 6) is 0.587. The molecule has 2 rings (SSSR count). The molecule has 0 unspecified atom stereocenters. The Morgan fingerprint density at radius 1 is 1.06 bits per heavy atom. The molecule has 2 N–H and O–H groups in total. The summed E-state index contributed by atoms with van der Waals surface area (Å²) in [6.07, 6.45) is 0. The quantitative estimate of drug-likeness (QED) is 0.890. The van der Waals surface area contributed by atoms with Crippen molar-refractivity contribution in [3.63, 3.8) is 0 Å². The van der Waals surface area contributed by atoms with Crippen LogP contribution in [-0.2, 0) is 13.2 Å². The van der Waals surface area contributed by atoms with Crippen LogP contribution in [0.2, 0.25) is 0 Å². The van der Waals surface area contributed by atoms with Gasteiger partial charge in [-0.25, -0.2) is 0 Å². The third-order valence-corrected chi connectivity index (χ3v) is 2.64. The summed E-state index contributed by atoms with van der Waals surface area (Å²) in [5, 5.41) is 9.02. The zero-order chi connectivity index (χ0) is 12.8. The normalized spacial score (nSPS) is 9.78. The molecule has 0 aliphatic rings. The molecule has 0 saturated heterocycles. The SMILES string of the molecule is N#Cc1ccc(CN)cc1OCc1ccccc1. The average Bonchev–Trinajstić information content (AvgIpc) is 2.45. The van der Waals surface area contributed by atoms with Gasteiger partial charge in [0.05, 0.1) is 5.56 Å². The van der Waals surface area contributed by atoms with E-state index >= 15 is 0 Å². The van der Waals surface area contributed by atoms with Crippen LogP contribution < -0.4 is 10.5 Å². The number of rotatable bonds is 4. The fourth-order valence-electron chi connectivity index (χ4n) is 1.64. The van der Waals surface area contributed by atoms with E-state index in [2.05, 4.69) is 6.07 Å². The van der Waals surface area contributed by atoms with Gasteiger partial charge in [0.1, 0.15) is 18.4 Å². The van der Waals surface area contributed by atoms with Crippen molar-refractivity contribution >= 4 is 0 Å². The van der Waals surface area contributed by atoms with Crippen LogP contribution in [0.25, 0.3) is 0 Å². The lowest BCUT2D eigenvalue weighted by molar-refractivity contribution is 0.305. The first-order valence-electron chi connectivity index (χ1n) is 5.73. The monoisotopic (exact) mass is 238 g/mol. The Bertz CT molecular complexity index is 558. The molecule has 0 spiro atoms. The Kier molecular flexibility index (Phi) is 3.95. The predicted molar refractivity (Wildman–Crippen MR) is 69.8 cm³/mol. The number of nitriles is 1. The zero-order valence-electron chi connectivity index (χ0n) is 9.97. The highest BCUT2D eigenvalue weighted by Gasteiger charge is 2.04. The van der Waals surface area contributed by atoms with Gasteiger partial charge in [0.15, 0.2) is 0 Å². The summed E-state index contributed by atoms with van der Waals surface area (Å²) in [6, 6.07) is 17.4. The van der Waals surface area contributed by atoms with E-state index in [1.54, 1.807) is 6.07 Å². The summed E-state index contributed by atoms with van der Waals surface area (Å²) in [6.45, 7) is 0.886. The van der Waals surface area contributed by atoms with Crippen LogP contribution >= 0.6 is 0 Å². The molecule has 0 amide bonds. The van der Waals surface area contributed by atoms with Gasteiger partial charge < -0.3 is 10.5 Å². The van der Waals surface area contributed by atoms with E-state index in [1.165, 1.54) is 0 Å². The Hall–Kier alpha value is -2.31. The molecule has 0 aliphatic heterocycles. The maximum absolute atomic E-state index is 9.02. The molecule has 0 atom stereocenters. The Morgan fingerprint density at radius 2 is 1.83 bits per heavy atom. The molecule has 2 aromatic carbocycles. The molecule has 3 heteroatoms. The van der Waals surface area contributed by atoms with E-state index in [0.717, 1.165) is 11.1 Å². The van der Waals surface area contributed by atoms with Gasteiger partial charge in [-0.3, -0.25) is 0 Å². The minimum Gasteiger partial charge on any atom is -0.488 e. The fraction of sp³-hybridized carbons (Fsp3) is 0.133. The van der Waals surface area contributed by atoms with Crippen molar-refractivity contribution in [1.82, 2.24) is 0 Å². The Morgan fingerprint density at radius 3 is 2.50 bits per heavy atom. The average molecular weight is 238 g/mol. The maximum atomic E-state index is 9.02. The van der Waals surface area contributed by atoms with E-state index < -0.39 is 0 Å². The van der Waals surface area contributed by atoms with Crippen LogP contribution in [0.4, 0.5) is 0 Å². The van der Waals surface area contributed by atoms with Crippen LogP contribution in [0, 0.1) is 11.3 Å². The summed E-state index contributed by atoms with van der Waals surface area (Å²) in [4.78, 5) is 0. The first kappa shape index (κ1) is 12.2. The third-order valence-electron chi connectivity index (χ3n) is 2.64. The molecular formula is C15H14N2O. The van der Waals surface area contributed by atoms with Crippen molar-refractivity contribution in [2.24, 2.45) is 5.73 Å². The minimum absolute atomic E-state index is 0.438. The summed E-state index contributed by atoms with van der Waals surface area (Å²) < 4.78 is 5.68. The van der Waals surface area contributed by atoms with E-state index in [9.17, 15) is 0 Å². The van der Waals surface area contributed by atoms with Gasteiger partial charge in [-0.15, -0.1) is 0 Å². The molecule has 0 saturated carbocycles. The molecule has 0 fully saturated rings. The second-order valence-corrected chi connectivity index (χ2v) is 3.92. The summed E-state index contributed by atoms with van der Waals surface area (Å²) >= 11 is 0. The van der Waals surface area contributed by atoms with Gasteiger partial charge in [0, 0.05) is 6.54 Å². The number of benzene rings is 2. The highest BCUT2D eigenvalue weighted by molar-refractivity contribution is 5.45. The first-order valence-corrected chi connectivity index (χ1v) is 5.73. The van der Waals surface area contributed by atoms with E-state index in [-0.39, 0.29) is 0 Å². The van der Waals surface area contributed by atoms with Crippen molar-refractivity contribution in [1.29, 1.82) is 5.26 Å². The molecule has 0 heterocycles. The zero-order valence-corrected chi connectivity index (χ0v) is 9.97. The Balaban J connectivity index is 2.15. The molecule has 0 bridgehead atoms. The molecule has 3 nitrogen and oxygen atoms in total. The molecule has 2 aromatic rings. The standard InChI is InChI=1S/C15H14N2O/c16-9-13-6-7-14(10-17)15(8-13)18-11-12-4-2-1-3-5-12/h1-8H,9,11,16H2. The van der Waals surface area contributed by atoms with Crippen molar-refractivity contribution < 1.29 is 4.74 Å². The van der Waals surface area contributed by atoms with E-state index in [4.69, 9.17) is 15.7 Å². The van der Waals surface area contributed by atoms with Crippen LogP contribution in [-0.4, -0.2) is 0 Å². The van der Waals surface area contributed by atoms with Gasteiger partial charge in [-0.05, 0) is 23.3 Å². The lowest BCUT2D eigenvalue weighted by atomic mass is 10.1. The van der Waals surface area contributed by atoms with Crippen LogP contribution in [0.1, 0.15) is 16.7 Å². The number of ether oxygens (including phenoxy) is 1. The number of nitrogens with zero attached hydrogens (tertiary/aromatic N) is 1. The second kappa shape index (κ2) is 5.85. The van der Waals surface area contributed by atoms with Gasteiger partial charge in [-0.2, -0.15) is 5.26 Å². The topological polar surface area (TPSA) is 59.0 Å². The highest BCUT2D eigenvalue weighted by atomic mass is 16.5. The third kappa shape index (κ3) is 2.88. The van der Waals surface area contributed by atoms with Crippen molar-refractivity contribution in [2.45, 2.75) is 13.2 Å². The van der Waals surface area contributed by atoms with Crippen LogP contribution in [0.15, 0.2) is 48.5 Å². The molecule has 90 valence electrons. The molecule has 0 radical (unpaired) electrons. The van der Waals surface area contributed by atoms with Crippen LogP contribution in [0.5, 0.6) is 5.75 Å². The first-order chi connectivity index (χ1) is 8.83. The van der Waals surface area contributed by atoms with Gasteiger partial charge in [0.25, 0.3) is 0 Å². The van der Waals surface area contributed by atoms with E-state index in [0.29, 0.717) is 24.5 Å². The Labute approximate surface area is 106 Å². The van der Waals surface area contributed by atoms with Crippen molar-refractivity contribution in [3.8, 4) is 11.8 Å². The number of hydrogen-bond acceptors (Lipinski definition) is 3. The van der Waals surface area contributed by atoms with Gasteiger partial charge >= 0.3 is 0 Å². The van der Waals surface area contributed by atoms with Gasteiger partial charge in [-0.1, -0.05) is 36.4 Å². The van der Waals surface area contributed by atoms with Crippen molar-refractivity contribution in [3.05, 3.63) is 65.2 Å². The number of hydrogen-bond donors (Lipinski definition) is 1. The molecular weight excluding hydrogens is 224 g/mol. The van der Waals surface area contributed by atoms with E-state index in [1.807, 2.05) is 42.5 Å². The highest BCUT2D eigenvalue weighted by Crippen LogP contribution is 2.20. The number of nitrogens with two attached hydrogens (primary N) is 1. The van der Waals surface area contributed by atoms with Crippen molar-refractivity contribution in [2.75, 3.05) is 0 Å². The summed E-state index contributed by atoms with van der Waals surface area (Å²) in [5.41, 5.74) is 8.13. The molecule has 18 heavy (non-hydrogen) atoms. The molecule has 0 aliphatic carbocycles. The lowest BCUT2D eigenvalue weighted by Gasteiger charge is -2.09. The van der Waals surface area contributed by atoms with Gasteiger partial charge in [0.2, 0.25) is 0 Å².